The van der Waals surface area contributed by atoms with Crippen LogP contribution in [0.2, 0.25) is 0 Å². The summed E-state index contributed by atoms with van der Waals surface area (Å²) in [6.07, 6.45) is -3.15. The highest BCUT2D eigenvalue weighted by atomic mass is 19.4. The lowest BCUT2D eigenvalue weighted by Gasteiger charge is -2.34. The Morgan fingerprint density at radius 1 is 1.26 bits per heavy atom. The van der Waals surface area contributed by atoms with E-state index in [-0.39, 0.29) is 23.0 Å². The molecular weight excluding hydrogens is 451 g/mol. The summed E-state index contributed by atoms with van der Waals surface area (Å²) in [5, 5.41) is 15.9. The highest BCUT2D eigenvalue weighted by Crippen LogP contribution is 2.29. The van der Waals surface area contributed by atoms with Crippen LogP contribution in [0.5, 0.6) is 5.75 Å². The molecule has 0 spiro atoms. The van der Waals surface area contributed by atoms with Gasteiger partial charge in [0.05, 0.1) is 36.0 Å². The van der Waals surface area contributed by atoms with Crippen molar-refractivity contribution in [2.24, 2.45) is 0 Å². The Morgan fingerprint density at radius 2 is 2.00 bits per heavy atom. The molecule has 0 bridgehead atoms. The van der Waals surface area contributed by atoms with E-state index in [0.29, 0.717) is 23.5 Å². The minimum absolute atomic E-state index is 0.0166. The molecule has 0 unspecified atom stereocenters. The fourth-order valence-electron chi connectivity index (χ4n) is 3.67. The number of carbonyl (C=O) groups excluding carboxylic acids is 2. The Balaban J connectivity index is 1.56. The molecular formula is C23H18F3N5O3. The van der Waals surface area contributed by atoms with Gasteiger partial charge >= 0.3 is 6.18 Å². The summed E-state index contributed by atoms with van der Waals surface area (Å²) in [5.41, 5.74) is 1.36. The van der Waals surface area contributed by atoms with Crippen LogP contribution >= 0.6 is 0 Å². The van der Waals surface area contributed by atoms with Crippen LogP contribution in [0.25, 0.3) is 0 Å². The number of alkyl halides is 3. The van der Waals surface area contributed by atoms with Gasteiger partial charge in [-0.25, -0.2) is 0 Å². The van der Waals surface area contributed by atoms with Crippen LogP contribution in [0.1, 0.15) is 33.3 Å². The molecule has 2 aromatic carbocycles. The number of nitriles is 1. The average Bonchev–Trinajstić information content (AvgIpc) is 3.22. The number of carbonyl (C=O) groups is 2. The van der Waals surface area contributed by atoms with Crippen molar-refractivity contribution >= 4 is 23.2 Å². The molecule has 0 aliphatic carbocycles. The van der Waals surface area contributed by atoms with Gasteiger partial charge in [-0.3, -0.25) is 14.3 Å². The first-order valence-corrected chi connectivity index (χ1v) is 10.2. The Morgan fingerprint density at radius 3 is 2.68 bits per heavy atom. The molecule has 11 heteroatoms. The number of nitrogens with zero attached hydrogens (tertiary/aromatic N) is 4. The maximum Gasteiger partial charge on any atom is 0.422 e. The predicted octanol–water partition coefficient (Wildman–Crippen LogP) is 4.00. The van der Waals surface area contributed by atoms with Crippen molar-refractivity contribution in [1.29, 1.82) is 5.26 Å². The zero-order valence-corrected chi connectivity index (χ0v) is 17.8. The summed E-state index contributed by atoms with van der Waals surface area (Å²) < 4.78 is 43.3. The molecule has 3 aromatic rings. The number of anilines is 2. The lowest BCUT2D eigenvalue weighted by Crippen LogP contribution is -2.47. The highest BCUT2D eigenvalue weighted by molar-refractivity contribution is 6.15. The normalized spacial score (nSPS) is 15.4. The molecule has 174 valence electrons. The molecule has 2 heterocycles. The van der Waals surface area contributed by atoms with E-state index in [1.54, 1.807) is 25.1 Å². The van der Waals surface area contributed by atoms with Gasteiger partial charge in [-0.15, -0.1) is 0 Å². The van der Waals surface area contributed by atoms with Crippen molar-refractivity contribution in [3.05, 3.63) is 71.5 Å². The van der Waals surface area contributed by atoms with Crippen LogP contribution in [0.15, 0.2) is 54.7 Å². The molecule has 0 fully saturated rings. The largest absolute Gasteiger partial charge is 0.484 e. The van der Waals surface area contributed by atoms with Crippen molar-refractivity contribution in [2.75, 3.05) is 16.8 Å². The lowest BCUT2D eigenvalue weighted by atomic mass is 10.1. The first-order valence-electron chi connectivity index (χ1n) is 10.2. The third kappa shape index (κ3) is 4.71. The van der Waals surface area contributed by atoms with Gasteiger partial charge in [0, 0.05) is 11.4 Å². The molecule has 1 aliphatic heterocycles. The number of aromatic nitrogens is 2. The van der Waals surface area contributed by atoms with Crippen LogP contribution in [-0.2, 0) is 6.54 Å². The van der Waals surface area contributed by atoms with Crippen molar-refractivity contribution in [3.63, 3.8) is 0 Å². The van der Waals surface area contributed by atoms with Crippen LogP contribution in [0.4, 0.5) is 24.5 Å². The van der Waals surface area contributed by atoms with Gasteiger partial charge in [0.15, 0.2) is 6.61 Å². The van der Waals surface area contributed by atoms with E-state index >= 15 is 0 Å². The Bertz CT molecular complexity index is 1280. The Hall–Kier alpha value is -4.33. The topological polar surface area (TPSA) is 100 Å². The van der Waals surface area contributed by atoms with Gasteiger partial charge < -0.3 is 15.0 Å². The van der Waals surface area contributed by atoms with Crippen LogP contribution < -0.4 is 15.0 Å². The molecule has 1 atom stereocenters. The summed E-state index contributed by atoms with van der Waals surface area (Å²) in [4.78, 5) is 27.7. The van der Waals surface area contributed by atoms with E-state index < -0.39 is 24.6 Å². The molecule has 0 saturated heterocycles. The Labute approximate surface area is 192 Å². The van der Waals surface area contributed by atoms with Crippen LogP contribution in [-0.4, -0.2) is 40.4 Å². The molecule has 4 rings (SSSR count). The van der Waals surface area contributed by atoms with E-state index in [9.17, 15) is 22.8 Å². The zero-order chi connectivity index (χ0) is 24.5. The predicted molar refractivity (Wildman–Crippen MR) is 116 cm³/mol. The minimum Gasteiger partial charge on any atom is -0.484 e. The number of amides is 2. The first-order chi connectivity index (χ1) is 16.2. The van der Waals surface area contributed by atoms with Gasteiger partial charge in [-0.2, -0.15) is 23.5 Å². The second kappa shape index (κ2) is 8.90. The summed E-state index contributed by atoms with van der Waals surface area (Å²) in [6, 6.07) is 13.7. The van der Waals surface area contributed by atoms with E-state index in [1.807, 2.05) is 6.07 Å². The number of hydrogen-bond acceptors (Lipinski definition) is 5. The van der Waals surface area contributed by atoms with Crippen LogP contribution in [0, 0.1) is 11.3 Å². The maximum absolute atomic E-state index is 13.4. The molecule has 8 nitrogen and oxygen atoms in total. The van der Waals surface area contributed by atoms with Crippen molar-refractivity contribution < 1.29 is 27.5 Å². The molecule has 1 N–H and O–H groups in total. The fraction of sp³-hybridized carbons (Fsp3) is 0.217. The summed E-state index contributed by atoms with van der Waals surface area (Å²) in [5.74, 6) is -1.02. The van der Waals surface area contributed by atoms with Gasteiger partial charge in [-0.1, -0.05) is 6.07 Å². The first kappa shape index (κ1) is 22.8. The van der Waals surface area contributed by atoms with Gasteiger partial charge in [0.2, 0.25) is 0 Å². The third-order valence-electron chi connectivity index (χ3n) is 5.15. The summed E-state index contributed by atoms with van der Waals surface area (Å²) in [6.45, 7) is 0.689. The number of hydrogen-bond donors (Lipinski definition) is 1. The standard InChI is InChI=1S/C23H18F3N5O3/c1-14-12-30-20(19(11-28-30)21(32)29-16-4-2-3-15(9-16)10-27)22(33)31(14)17-5-7-18(8-6-17)34-13-23(24,25)26/h2-9,11,14H,12-13H2,1H3,(H,29,32)/t14-/m0/s1. The van der Waals surface area contributed by atoms with Crippen LogP contribution in [0.3, 0.4) is 0 Å². The smallest absolute Gasteiger partial charge is 0.422 e. The van der Waals surface area contributed by atoms with E-state index in [2.05, 4.69) is 10.4 Å². The maximum atomic E-state index is 13.4. The van der Waals surface area contributed by atoms with Crippen molar-refractivity contribution in [3.8, 4) is 11.8 Å². The van der Waals surface area contributed by atoms with Crippen molar-refractivity contribution in [1.82, 2.24) is 9.78 Å². The number of ether oxygens (including phenoxy) is 1. The number of halogens is 3. The van der Waals surface area contributed by atoms with Gasteiger partial charge in [0.25, 0.3) is 11.8 Å². The molecule has 0 radical (unpaired) electrons. The molecule has 1 aromatic heterocycles. The lowest BCUT2D eigenvalue weighted by molar-refractivity contribution is -0.153. The monoisotopic (exact) mass is 469 g/mol. The number of rotatable bonds is 5. The molecule has 2 amide bonds. The second-order valence-corrected chi connectivity index (χ2v) is 7.66. The number of fused-ring (bicyclic) bond motifs is 1. The summed E-state index contributed by atoms with van der Waals surface area (Å²) in [7, 11) is 0. The van der Waals surface area contributed by atoms with E-state index in [0.717, 1.165) is 0 Å². The molecule has 0 saturated carbocycles. The van der Waals surface area contributed by atoms with Gasteiger partial charge in [0.1, 0.15) is 11.4 Å². The Kier molecular flexibility index (Phi) is 5.98. The minimum atomic E-state index is -4.46. The zero-order valence-electron chi connectivity index (χ0n) is 17.8. The van der Waals surface area contributed by atoms with Crippen molar-refractivity contribution in [2.45, 2.75) is 25.7 Å². The quantitative estimate of drug-likeness (QED) is 0.609. The SMILES string of the molecule is C[C@H]1Cn2ncc(C(=O)Nc3cccc(C#N)c3)c2C(=O)N1c1ccc(OCC(F)(F)F)cc1. The average molecular weight is 469 g/mol. The number of nitrogens with one attached hydrogen (secondary N) is 1. The van der Waals surface area contributed by atoms with Gasteiger partial charge in [-0.05, 0) is 49.4 Å². The summed E-state index contributed by atoms with van der Waals surface area (Å²) >= 11 is 0. The highest BCUT2D eigenvalue weighted by Gasteiger charge is 2.36. The van der Waals surface area contributed by atoms with E-state index in [1.165, 1.54) is 46.1 Å². The third-order valence-corrected chi connectivity index (χ3v) is 5.15. The molecule has 34 heavy (non-hydrogen) atoms. The second-order valence-electron chi connectivity index (χ2n) is 7.66. The number of benzene rings is 2. The molecule has 1 aliphatic rings. The fourth-order valence-corrected chi connectivity index (χ4v) is 3.67. The van der Waals surface area contributed by atoms with E-state index in [4.69, 9.17) is 10.00 Å².